The zero-order valence-electron chi connectivity index (χ0n) is 26.0. The Hall–Kier alpha value is -2.70. The molecule has 12 heteroatoms. The van der Waals surface area contributed by atoms with Gasteiger partial charge in [-0.2, -0.15) is 8.78 Å². The number of piperidine rings is 2. The number of halogens is 3. The van der Waals surface area contributed by atoms with Crippen molar-refractivity contribution in [2.24, 2.45) is 16.8 Å². The molecule has 5 rings (SSSR count). The molecule has 4 aliphatic rings. The van der Waals surface area contributed by atoms with Crippen LogP contribution >= 0.6 is 0 Å². The van der Waals surface area contributed by atoms with Crippen molar-refractivity contribution in [3.63, 3.8) is 0 Å². The summed E-state index contributed by atoms with van der Waals surface area (Å²) in [5, 5.41) is 12.6. The molecule has 0 atom stereocenters. The Morgan fingerprint density at radius 2 is 1.78 bits per heavy atom. The van der Waals surface area contributed by atoms with Crippen molar-refractivity contribution < 1.29 is 31.5 Å². The lowest BCUT2D eigenvalue weighted by molar-refractivity contribution is 0.00991. The van der Waals surface area contributed by atoms with Crippen LogP contribution in [0.4, 0.5) is 13.2 Å². The van der Waals surface area contributed by atoms with Gasteiger partial charge in [-0.25, -0.2) is 17.1 Å². The van der Waals surface area contributed by atoms with E-state index in [9.17, 15) is 31.5 Å². The van der Waals surface area contributed by atoms with Gasteiger partial charge in [-0.1, -0.05) is 12.6 Å². The van der Waals surface area contributed by atoms with E-state index in [1.54, 1.807) is 27.4 Å². The Morgan fingerprint density at radius 1 is 1.11 bits per heavy atom. The largest absolute Gasteiger partial charge is 0.393 e. The van der Waals surface area contributed by atoms with Gasteiger partial charge in [0, 0.05) is 56.2 Å². The number of hydrogen-bond acceptors (Lipinski definition) is 6. The highest BCUT2D eigenvalue weighted by molar-refractivity contribution is 7.89. The average Bonchev–Trinajstić information content (AvgIpc) is 3.34. The molecule has 2 saturated heterocycles. The number of nitrogens with zero attached hydrogens (tertiary/aromatic N) is 3. The summed E-state index contributed by atoms with van der Waals surface area (Å²) in [7, 11) is -3.53. The molecule has 0 unspecified atom stereocenters. The molecule has 0 bridgehead atoms. The summed E-state index contributed by atoms with van der Waals surface area (Å²) in [6.07, 6.45) is 4.97. The number of amides is 1. The summed E-state index contributed by atoms with van der Waals surface area (Å²) < 4.78 is 67.5. The second kappa shape index (κ2) is 13.6. The van der Waals surface area contributed by atoms with Gasteiger partial charge in [0.2, 0.25) is 10.0 Å². The number of sulfonamides is 1. The monoisotopic (exact) mass is 650 g/mol. The quantitative estimate of drug-likeness (QED) is 0.386. The minimum Gasteiger partial charge on any atom is -0.393 e. The van der Waals surface area contributed by atoms with E-state index in [0.717, 1.165) is 54.4 Å². The van der Waals surface area contributed by atoms with Gasteiger partial charge < -0.3 is 15.3 Å². The van der Waals surface area contributed by atoms with E-state index in [4.69, 9.17) is 4.99 Å². The molecule has 1 aliphatic carbocycles. The van der Waals surface area contributed by atoms with Crippen molar-refractivity contribution in [3.8, 4) is 0 Å². The number of allylic oxidation sites excluding steroid dienone is 1. The maximum atomic E-state index is 14.3. The van der Waals surface area contributed by atoms with Crippen LogP contribution in [0.1, 0.15) is 79.3 Å². The zero-order valence-corrected chi connectivity index (χ0v) is 26.9. The summed E-state index contributed by atoms with van der Waals surface area (Å²) in [5.74, 6) is 1.18. The van der Waals surface area contributed by atoms with E-state index >= 15 is 0 Å². The van der Waals surface area contributed by atoms with Crippen LogP contribution < -0.4 is 5.32 Å². The summed E-state index contributed by atoms with van der Waals surface area (Å²) >= 11 is 0. The highest BCUT2D eigenvalue weighted by Crippen LogP contribution is 2.40. The van der Waals surface area contributed by atoms with Crippen LogP contribution in [0.5, 0.6) is 0 Å². The number of rotatable bonds is 9. The SMILES string of the molecule is C=C1NC([C@H]2CC[C@H](CC=C(F)F)CC2)=NC12CCN(S(=O)(=O)CCc1ccc(C(=O)N3CCC(F)(CO)CC3)cc1C)CC2. The lowest BCUT2D eigenvalue weighted by Gasteiger charge is -2.36. The molecule has 8 nitrogen and oxygen atoms in total. The predicted molar refractivity (Wildman–Crippen MR) is 168 cm³/mol. The van der Waals surface area contributed by atoms with E-state index < -0.39 is 33.9 Å². The van der Waals surface area contributed by atoms with Crippen LogP contribution in [0.25, 0.3) is 0 Å². The summed E-state index contributed by atoms with van der Waals surface area (Å²) in [6, 6.07) is 5.27. The number of aliphatic hydroxyl groups is 1. The second-order valence-electron chi connectivity index (χ2n) is 13.3. The van der Waals surface area contributed by atoms with Crippen molar-refractivity contribution in [3.05, 3.63) is 59.3 Å². The zero-order chi connectivity index (χ0) is 32.4. The molecule has 3 heterocycles. The first-order valence-electron chi connectivity index (χ1n) is 16.1. The van der Waals surface area contributed by atoms with Crippen LogP contribution in [0.15, 0.2) is 47.6 Å². The van der Waals surface area contributed by atoms with Gasteiger partial charge in [0.05, 0.1) is 12.4 Å². The molecule has 1 spiro atoms. The van der Waals surface area contributed by atoms with Crippen LogP contribution in [0, 0.1) is 18.8 Å². The number of hydrogen-bond donors (Lipinski definition) is 2. The van der Waals surface area contributed by atoms with Crippen molar-refractivity contribution in [2.75, 3.05) is 38.5 Å². The molecule has 1 amide bonds. The Labute approximate surface area is 264 Å². The van der Waals surface area contributed by atoms with Crippen LogP contribution in [-0.2, 0) is 16.4 Å². The fourth-order valence-corrected chi connectivity index (χ4v) is 8.67. The summed E-state index contributed by atoms with van der Waals surface area (Å²) in [5.41, 5.74) is 0.833. The van der Waals surface area contributed by atoms with Crippen LogP contribution in [0.3, 0.4) is 0 Å². The molecule has 0 radical (unpaired) electrons. The predicted octanol–water partition coefficient (Wildman–Crippen LogP) is 5.13. The minimum absolute atomic E-state index is 0.0432. The third kappa shape index (κ3) is 7.65. The normalized spacial score (nSPS) is 25.1. The first-order chi connectivity index (χ1) is 21.3. The Morgan fingerprint density at radius 3 is 2.38 bits per heavy atom. The Kier molecular flexibility index (Phi) is 10.2. The molecular weight excluding hydrogens is 605 g/mol. The minimum atomic E-state index is -3.53. The van der Waals surface area contributed by atoms with E-state index in [0.29, 0.717) is 44.3 Å². The number of carbonyl (C=O) groups excluding carboxylic acids is 1. The number of carbonyl (C=O) groups is 1. The molecular formula is C33H45F3N4O4S. The maximum Gasteiger partial charge on any atom is 0.266 e. The lowest BCUT2D eigenvalue weighted by Crippen LogP contribution is -2.47. The molecule has 0 aromatic heterocycles. The summed E-state index contributed by atoms with van der Waals surface area (Å²) in [4.78, 5) is 19.6. The maximum absolute atomic E-state index is 14.3. The fraction of sp³-hybridized carbons (Fsp3) is 0.636. The van der Waals surface area contributed by atoms with Gasteiger partial charge in [0.25, 0.3) is 12.0 Å². The van der Waals surface area contributed by atoms with Gasteiger partial charge in [-0.3, -0.25) is 9.79 Å². The van der Waals surface area contributed by atoms with E-state index in [2.05, 4.69) is 11.9 Å². The second-order valence-corrected chi connectivity index (χ2v) is 15.4. The first-order valence-corrected chi connectivity index (χ1v) is 17.7. The van der Waals surface area contributed by atoms with Gasteiger partial charge in [-0.05, 0) is 93.5 Å². The topological polar surface area (TPSA) is 102 Å². The highest BCUT2D eigenvalue weighted by atomic mass is 32.2. The van der Waals surface area contributed by atoms with Crippen molar-refractivity contribution in [2.45, 2.75) is 82.3 Å². The van der Waals surface area contributed by atoms with Gasteiger partial charge in [-0.15, -0.1) is 0 Å². The summed E-state index contributed by atoms with van der Waals surface area (Å²) in [6.45, 7) is 6.75. The third-order valence-electron chi connectivity index (χ3n) is 10.4. The molecule has 1 saturated carbocycles. The third-order valence-corrected chi connectivity index (χ3v) is 12.3. The molecule has 1 aromatic rings. The number of alkyl halides is 1. The standard InChI is InChI=1S/C33H45F3N4O4S/c1-23-21-28(31(42)39-16-12-32(36,22-41)13-17-39)9-8-26(23)11-20-45(43,44)40-18-14-33(15-19-40)24(2)37-30(38-33)27-6-3-25(4-7-27)5-10-29(34)35/h8-10,21,25,27,41H,2-7,11-20,22H2,1H3,(H,37,38)/t25-,27-. The van der Waals surface area contributed by atoms with Crippen molar-refractivity contribution >= 4 is 21.8 Å². The molecule has 3 aliphatic heterocycles. The van der Waals surface area contributed by atoms with Crippen molar-refractivity contribution in [1.29, 1.82) is 0 Å². The highest BCUT2D eigenvalue weighted by Gasteiger charge is 2.45. The fourth-order valence-electron chi connectivity index (χ4n) is 7.19. The number of aryl methyl sites for hydroxylation is 2. The van der Waals surface area contributed by atoms with Crippen LogP contribution in [0.2, 0.25) is 0 Å². The molecule has 3 fully saturated rings. The molecule has 45 heavy (non-hydrogen) atoms. The number of aliphatic imine (C=N–C) groups is 1. The Balaban J connectivity index is 1.12. The van der Waals surface area contributed by atoms with E-state index in [1.165, 1.54) is 0 Å². The molecule has 248 valence electrons. The van der Waals surface area contributed by atoms with Gasteiger partial charge in [0.15, 0.2) is 0 Å². The van der Waals surface area contributed by atoms with E-state index in [-0.39, 0.29) is 49.4 Å². The smallest absolute Gasteiger partial charge is 0.266 e. The molecule has 1 aromatic carbocycles. The number of nitrogens with one attached hydrogen (secondary N) is 1. The van der Waals surface area contributed by atoms with Gasteiger partial charge >= 0.3 is 0 Å². The first kappa shape index (κ1) is 33.7. The number of benzene rings is 1. The number of likely N-dealkylation sites (tertiary alicyclic amines) is 1. The van der Waals surface area contributed by atoms with E-state index in [1.807, 2.05) is 6.92 Å². The average molecular weight is 651 g/mol. The van der Waals surface area contributed by atoms with Gasteiger partial charge in [0.1, 0.15) is 17.0 Å². The number of amidine groups is 1. The lowest BCUT2D eigenvalue weighted by atomic mass is 9.80. The Bertz CT molecular complexity index is 1440. The molecule has 2 N–H and O–H groups in total. The van der Waals surface area contributed by atoms with Crippen molar-refractivity contribution in [1.82, 2.24) is 14.5 Å². The number of aliphatic hydroxyl groups excluding tert-OH is 1. The van der Waals surface area contributed by atoms with Crippen LogP contribution in [-0.4, -0.2) is 84.2 Å².